The normalized spacial score (nSPS) is 22.8. The standard InChI is InChI=1S/C16H17Cl2N3O2S/c17-10-6-3-7-11(14(10)18)20-13(22)8-12-15(23)21-16(24-12)19-9-4-1-2-5-9/h3,6-7,9,12H,1-2,4-5,8H2,(H,20,22)(H,19,21,23). The molecule has 2 N–H and O–H groups in total. The van der Waals surface area contributed by atoms with Gasteiger partial charge in [0.05, 0.1) is 21.8 Å². The van der Waals surface area contributed by atoms with Crippen molar-refractivity contribution in [3.63, 3.8) is 0 Å². The van der Waals surface area contributed by atoms with E-state index in [-0.39, 0.29) is 18.2 Å². The molecule has 1 saturated heterocycles. The minimum Gasteiger partial charge on any atom is -0.325 e. The third-order valence-electron chi connectivity index (χ3n) is 4.00. The van der Waals surface area contributed by atoms with Gasteiger partial charge in [0.15, 0.2) is 5.17 Å². The third-order valence-corrected chi connectivity index (χ3v) is 5.91. The first-order chi connectivity index (χ1) is 11.5. The first-order valence-electron chi connectivity index (χ1n) is 7.82. The van der Waals surface area contributed by atoms with Crippen LogP contribution in [0.1, 0.15) is 32.1 Å². The van der Waals surface area contributed by atoms with Gasteiger partial charge in [-0.15, -0.1) is 0 Å². The SMILES string of the molecule is O=C(CC1SC(=NC2CCCC2)NC1=O)Nc1cccc(Cl)c1Cl. The smallest absolute Gasteiger partial charge is 0.240 e. The van der Waals surface area contributed by atoms with Gasteiger partial charge in [-0.25, -0.2) is 0 Å². The zero-order valence-electron chi connectivity index (χ0n) is 12.9. The topological polar surface area (TPSA) is 70.6 Å². The number of nitrogens with zero attached hydrogens (tertiary/aromatic N) is 1. The molecule has 2 fully saturated rings. The molecular weight excluding hydrogens is 369 g/mol. The molecule has 1 saturated carbocycles. The molecule has 8 heteroatoms. The Morgan fingerprint density at radius 2 is 2.08 bits per heavy atom. The summed E-state index contributed by atoms with van der Waals surface area (Å²) in [5, 5.41) is 6.29. The van der Waals surface area contributed by atoms with Crippen LogP contribution in [0, 0.1) is 0 Å². The molecule has 5 nitrogen and oxygen atoms in total. The summed E-state index contributed by atoms with van der Waals surface area (Å²) in [4.78, 5) is 28.8. The Morgan fingerprint density at radius 3 is 2.83 bits per heavy atom. The van der Waals surface area contributed by atoms with Gasteiger partial charge in [0.25, 0.3) is 0 Å². The number of amides is 2. The summed E-state index contributed by atoms with van der Waals surface area (Å²) in [6.45, 7) is 0. The second-order valence-corrected chi connectivity index (χ2v) is 7.80. The minimum absolute atomic E-state index is 0.0586. The average Bonchev–Trinajstić information content (AvgIpc) is 3.15. The van der Waals surface area contributed by atoms with Crippen LogP contribution < -0.4 is 10.6 Å². The van der Waals surface area contributed by atoms with E-state index in [2.05, 4.69) is 15.6 Å². The number of nitrogens with one attached hydrogen (secondary N) is 2. The summed E-state index contributed by atoms with van der Waals surface area (Å²) in [5.41, 5.74) is 0.442. The van der Waals surface area contributed by atoms with Crippen molar-refractivity contribution in [1.82, 2.24) is 5.32 Å². The monoisotopic (exact) mass is 385 g/mol. The molecule has 2 aliphatic rings. The van der Waals surface area contributed by atoms with Gasteiger partial charge >= 0.3 is 0 Å². The Hall–Kier alpha value is -1.24. The molecular formula is C16H17Cl2N3O2S. The van der Waals surface area contributed by atoms with Gasteiger partial charge in [-0.2, -0.15) is 0 Å². The largest absolute Gasteiger partial charge is 0.325 e. The Kier molecular flexibility index (Phi) is 5.69. The van der Waals surface area contributed by atoms with Crippen molar-refractivity contribution in [1.29, 1.82) is 0 Å². The summed E-state index contributed by atoms with van der Waals surface area (Å²) in [7, 11) is 0. The minimum atomic E-state index is -0.469. The number of aliphatic imine (C=N–C) groups is 1. The summed E-state index contributed by atoms with van der Waals surface area (Å²) in [5.74, 6) is -0.460. The van der Waals surface area contributed by atoms with Gasteiger partial charge in [-0.3, -0.25) is 14.6 Å². The fraction of sp³-hybridized carbons (Fsp3) is 0.438. The highest BCUT2D eigenvalue weighted by atomic mass is 35.5. The van der Waals surface area contributed by atoms with Crippen molar-refractivity contribution in [3.8, 4) is 0 Å². The zero-order valence-corrected chi connectivity index (χ0v) is 15.2. The second kappa shape index (κ2) is 7.76. The third kappa shape index (κ3) is 4.23. The zero-order chi connectivity index (χ0) is 17.1. The van der Waals surface area contributed by atoms with Crippen molar-refractivity contribution in [3.05, 3.63) is 28.2 Å². The number of anilines is 1. The lowest BCUT2D eigenvalue weighted by Crippen LogP contribution is -2.28. The first-order valence-corrected chi connectivity index (χ1v) is 9.45. The van der Waals surface area contributed by atoms with Crippen LogP contribution in [0.15, 0.2) is 23.2 Å². The van der Waals surface area contributed by atoms with E-state index in [1.54, 1.807) is 18.2 Å². The lowest BCUT2D eigenvalue weighted by Gasteiger charge is -2.09. The molecule has 0 spiro atoms. The van der Waals surface area contributed by atoms with E-state index in [4.69, 9.17) is 23.2 Å². The molecule has 0 radical (unpaired) electrons. The number of halogens is 2. The van der Waals surface area contributed by atoms with Gasteiger partial charge in [-0.05, 0) is 25.0 Å². The number of amidine groups is 1. The highest BCUT2D eigenvalue weighted by Gasteiger charge is 2.33. The van der Waals surface area contributed by atoms with Crippen LogP contribution in [-0.4, -0.2) is 28.3 Å². The maximum Gasteiger partial charge on any atom is 0.240 e. The molecule has 24 heavy (non-hydrogen) atoms. The second-order valence-electron chi connectivity index (χ2n) is 5.82. The van der Waals surface area contributed by atoms with Crippen molar-refractivity contribution >= 4 is 57.6 Å². The van der Waals surface area contributed by atoms with Crippen LogP contribution in [0.5, 0.6) is 0 Å². The van der Waals surface area contributed by atoms with Gasteiger partial charge in [0, 0.05) is 6.42 Å². The Bertz CT molecular complexity index is 690. The molecule has 1 unspecified atom stereocenters. The molecule has 1 aliphatic carbocycles. The van der Waals surface area contributed by atoms with Gasteiger partial charge < -0.3 is 10.6 Å². The average molecular weight is 386 g/mol. The van der Waals surface area contributed by atoms with E-state index < -0.39 is 5.25 Å². The van der Waals surface area contributed by atoms with Gasteiger partial charge in [-0.1, -0.05) is 53.9 Å². The van der Waals surface area contributed by atoms with Crippen molar-refractivity contribution < 1.29 is 9.59 Å². The fourth-order valence-corrected chi connectivity index (χ4v) is 4.16. The predicted molar refractivity (Wildman–Crippen MR) is 98.9 cm³/mol. The number of thioether (sulfide) groups is 1. The van der Waals surface area contributed by atoms with Crippen LogP contribution >= 0.6 is 35.0 Å². The van der Waals surface area contributed by atoms with E-state index in [1.807, 2.05) is 0 Å². The highest BCUT2D eigenvalue weighted by Crippen LogP contribution is 2.31. The van der Waals surface area contributed by atoms with Gasteiger partial charge in [0.2, 0.25) is 11.8 Å². The van der Waals surface area contributed by atoms with Gasteiger partial charge in [0.1, 0.15) is 5.25 Å². The van der Waals surface area contributed by atoms with E-state index in [1.165, 1.54) is 24.6 Å². The number of benzene rings is 1. The van der Waals surface area contributed by atoms with E-state index in [9.17, 15) is 9.59 Å². The van der Waals surface area contributed by atoms with E-state index in [0.29, 0.717) is 26.9 Å². The van der Waals surface area contributed by atoms with Crippen LogP contribution in [0.3, 0.4) is 0 Å². The molecule has 1 atom stereocenters. The number of rotatable bonds is 4. The highest BCUT2D eigenvalue weighted by molar-refractivity contribution is 8.15. The Labute approximate surface area is 154 Å². The van der Waals surface area contributed by atoms with Crippen LogP contribution in [0.25, 0.3) is 0 Å². The van der Waals surface area contributed by atoms with Crippen molar-refractivity contribution in [2.45, 2.75) is 43.4 Å². The van der Waals surface area contributed by atoms with Crippen LogP contribution in [-0.2, 0) is 9.59 Å². The Balaban J connectivity index is 1.58. The molecule has 1 aliphatic heterocycles. The van der Waals surface area contributed by atoms with Crippen LogP contribution in [0.2, 0.25) is 10.0 Å². The molecule has 1 aromatic carbocycles. The molecule has 0 bridgehead atoms. The van der Waals surface area contributed by atoms with E-state index in [0.717, 1.165) is 12.8 Å². The lowest BCUT2D eigenvalue weighted by molar-refractivity contribution is -0.122. The first kappa shape index (κ1) is 17.6. The molecule has 3 rings (SSSR count). The van der Waals surface area contributed by atoms with Crippen molar-refractivity contribution in [2.75, 3.05) is 5.32 Å². The molecule has 2 amide bonds. The lowest BCUT2D eigenvalue weighted by atomic mass is 10.2. The number of carbonyl (C=O) groups excluding carboxylic acids is 2. The maximum atomic E-state index is 12.2. The maximum absolute atomic E-state index is 12.2. The summed E-state index contributed by atoms with van der Waals surface area (Å²) in [6.07, 6.45) is 4.57. The molecule has 0 aromatic heterocycles. The molecule has 128 valence electrons. The molecule has 1 heterocycles. The van der Waals surface area contributed by atoms with E-state index >= 15 is 0 Å². The van der Waals surface area contributed by atoms with Crippen molar-refractivity contribution in [2.24, 2.45) is 4.99 Å². The number of hydrogen-bond acceptors (Lipinski definition) is 4. The number of carbonyl (C=O) groups is 2. The number of hydrogen-bond donors (Lipinski definition) is 2. The Morgan fingerprint density at radius 1 is 1.33 bits per heavy atom. The molecule has 1 aromatic rings. The van der Waals surface area contributed by atoms with Crippen LogP contribution in [0.4, 0.5) is 5.69 Å². The summed E-state index contributed by atoms with van der Waals surface area (Å²) >= 11 is 13.3. The predicted octanol–water partition coefficient (Wildman–Crippen LogP) is 3.85. The summed E-state index contributed by atoms with van der Waals surface area (Å²) in [6, 6.07) is 5.31. The summed E-state index contributed by atoms with van der Waals surface area (Å²) < 4.78 is 0. The fourth-order valence-electron chi connectivity index (χ4n) is 2.77. The quantitative estimate of drug-likeness (QED) is 0.826.